The van der Waals surface area contributed by atoms with Crippen molar-refractivity contribution in [2.45, 2.75) is 17.7 Å². The number of benzene rings is 1. The normalized spacial score (nSPS) is 22.8. The van der Waals surface area contributed by atoms with Gasteiger partial charge in [0.15, 0.2) is 0 Å². The van der Waals surface area contributed by atoms with Crippen LogP contribution in [0.25, 0.3) is 0 Å². The minimum absolute atomic E-state index is 0.358. The van der Waals surface area contributed by atoms with Crippen molar-refractivity contribution in [1.29, 1.82) is 0 Å². The first kappa shape index (κ1) is 13.9. The molecule has 2 heterocycles. The summed E-state index contributed by atoms with van der Waals surface area (Å²) >= 11 is 0. The number of anilines is 1. The van der Waals surface area contributed by atoms with Crippen LogP contribution in [0.2, 0.25) is 0 Å². The van der Waals surface area contributed by atoms with Gasteiger partial charge in [0, 0.05) is 25.3 Å². The van der Waals surface area contributed by atoms with Gasteiger partial charge in [0.25, 0.3) is 0 Å². The number of nitrogens with one attached hydrogen (secondary N) is 2. The fraction of sp³-hybridized carbons (Fsp3) is 0.571. The van der Waals surface area contributed by atoms with E-state index in [1.165, 1.54) is 5.56 Å². The SMILES string of the molecule is CN1CCC(CNS(=O)(=O)c2ccc3c(c2)NCC3)C1. The summed E-state index contributed by atoms with van der Waals surface area (Å²) in [5, 5.41) is 3.22. The van der Waals surface area contributed by atoms with E-state index in [1.807, 2.05) is 6.07 Å². The Bertz CT molecular complexity index is 600. The van der Waals surface area contributed by atoms with Gasteiger partial charge in [0.1, 0.15) is 0 Å². The van der Waals surface area contributed by atoms with Crippen LogP contribution in [0.1, 0.15) is 12.0 Å². The number of likely N-dealkylation sites (tertiary alicyclic amines) is 1. The van der Waals surface area contributed by atoms with E-state index in [0.29, 0.717) is 17.4 Å². The molecule has 0 saturated carbocycles. The molecule has 0 bridgehead atoms. The predicted molar refractivity (Wildman–Crippen MR) is 79.4 cm³/mol. The van der Waals surface area contributed by atoms with Crippen molar-refractivity contribution in [3.8, 4) is 0 Å². The maximum absolute atomic E-state index is 12.3. The lowest BCUT2D eigenvalue weighted by molar-refractivity contribution is 0.394. The second kappa shape index (κ2) is 5.35. The Balaban J connectivity index is 1.68. The molecule has 0 aliphatic carbocycles. The van der Waals surface area contributed by atoms with Gasteiger partial charge < -0.3 is 10.2 Å². The third-order valence-electron chi connectivity index (χ3n) is 4.15. The van der Waals surface area contributed by atoms with Crippen LogP contribution in [-0.4, -0.2) is 46.5 Å². The fourth-order valence-electron chi connectivity index (χ4n) is 2.94. The van der Waals surface area contributed by atoms with Crippen LogP contribution in [0.4, 0.5) is 5.69 Å². The van der Waals surface area contributed by atoms with Gasteiger partial charge in [-0.05, 0) is 50.0 Å². The summed E-state index contributed by atoms with van der Waals surface area (Å²) in [6.07, 6.45) is 2.03. The third kappa shape index (κ3) is 2.82. The van der Waals surface area contributed by atoms with Gasteiger partial charge in [0.05, 0.1) is 4.90 Å². The van der Waals surface area contributed by atoms with Crippen molar-refractivity contribution in [1.82, 2.24) is 9.62 Å². The highest BCUT2D eigenvalue weighted by molar-refractivity contribution is 7.89. The lowest BCUT2D eigenvalue weighted by Crippen LogP contribution is -2.30. The van der Waals surface area contributed by atoms with Crippen LogP contribution in [0.5, 0.6) is 0 Å². The van der Waals surface area contributed by atoms with E-state index in [-0.39, 0.29) is 0 Å². The van der Waals surface area contributed by atoms with Gasteiger partial charge in [-0.1, -0.05) is 6.07 Å². The van der Waals surface area contributed by atoms with Crippen LogP contribution >= 0.6 is 0 Å². The summed E-state index contributed by atoms with van der Waals surface area (Å²) in [5.41, 5.74) is 2.15. The van der Waals surface area contributed by atoms with Gasteiger partial charge >= 0.3 is 0 Å². The number of hydrogen-bond donors (Lipinski definition) is 2. The van der Waals surface area contributed by atoms with Crippen molar-refractivity contribution in [2.24, 2.45) is 5.92 Å². The molecule has 110 valence electrons. The quantitative estimate of drug-likeness (QED) is 0.866. The average Bonchev–Trinajstić information content (AvgIpc) is 3.04. The van der Waals surface area contributed by atoms with Crippen molar-refractivity contribution in [3.05, 3.63) is 23.8 Å². The summed E-state index contributed by atoms with van der Waals surface area (Å²) in [7, 11) is -1.33. The van der Waals surface area contributed by atoms with Crippen LogP contribution < -0.4 is 10.0 Å². The predicted octanol–water partition coefficient (Wildman–Crippen LogP) is 0.885. The van der Waals surface area contributed by atoms with Crippen molar-refractivity contribution >= 4 is 15.7 Å². The van der Waals surface area contributed by atoms with Gasteiger partial charge in [-0.3, -0.25) is 0 Å². The van der Waals surface area contributed by atoms with Crippen molar-refractivity contribution < 1.29 is 8.42 Å². The molecule has 3 rings (SSSR count). The smallest absolute Gasteiger partial charge is 0.240 e. The summed E-state index contributed by atoms with van der Waals surface area (Å²) < 4.78 is 27.4. The minimum atomic E-state index is -3.40. The van der Waals surface area contributed by atoms with Crippen molar-refractivity contribution in [2.75, 3.05) is 38.5 Å². The highest BCUT2D eigenvalue weighted by Gasteiger charge is 2.23. The van der Waals surface area contributed by atoms with E-state index in [9.17, 15) is 8.42 Å². The lowest BCUT2D eigenvalue weighted by atomic mass is 10.1. The number of hydrogen-bond acceptors (Lipinski definition) is 4. The molecule has 1 aromatic rings. The van der Waals surface area contributed by atoms with Gasteiger partial charge in [0.2, 0.25) is 10.0 Å². The molecule has 2 aliphatic rings. The van der Waals surface area contributed by atoms with E-state index < -0.39 is 10.0 Å². The zero-order valence-electron chi connectivity index (χ0n) is 11.7. The Morgan fingerprint density at radius 3 is 3.05 bits per heavy atom. The molecule has 20 heavy (non-hydrogen) atoms. The molecule has 6 heteroatoms. The van der Waals surface area contributed by atoms with Crippen LogP contribution in [0.15, 0.2) is 23.1 Å². The summed E-state index contributed by atoms with van der Waals surface area (Å²) in [6, 6.07) is 5.35. The topological polar surface area (TPSA) is 61.4 Å². The summed E-state index contributed by atoms with van der Waals surface area (Å²) in [4.78, 5) is 2.59. The average molecular weight is 295 g/mol. The highest BCUT2D eigenvalue weighted by Crippen LogP contribution is 2.25. The number of rotatable bonds is 4. The van der Waals surface area contributed by atoms with E-state index in [4.69, 9.17) is 0 Å². The van der Waals surface area contributed by atoms with Crippen molar-refractivity contribution in [3.63, 3.8) is 0 Å². The number of fused-ring (bicyclic) bond motifs is 1. The first-order valence-corrected chi connectivity index (χ1v) is 8.58. The van der Waals surface area contributed by atoms with E-state index in [1.54, 1.807) is 12.1 Å². The van der Waals surface area contributed by atoms with E-state index in [0.717, 1.165) is 38.2 Å². The molecule has 2 N–H and O–H groups in total. The molecule has 2 aliphatic heterocycles. The standard InChI is InChI=1S/C14H21N3O2S/c1-17-7-5-11(10-17)9-16-20(18,19)13-3-2-12-4-6-15-14(12)8-13/h2-3,8,11,15-16H,4-7,9-10H2,1H3. The third-order valence-corrected chi connectivity index (χ3v) is 5.57. The Hall–Kier alpha value is -1.11. The molecular formula is C14H21N3O2S. The second-order valence-electron chi connectivity index (χ2n) is 5.76. The number of nitrogens with zero attached hydrogens (tertiary/aromatic N) is 1. The van der Waals surface area contributed by atoms with Crippen LogP contribution in [0.3, 0.4) is 0 Å². The van der Waals surface area contributed by atoms with Crippen LogP contribution in [0, 0.1) is 5.92 Å². The molecule has 0 spiro atoms. The van der Waals surface area contributed by atoms with Gasteiger partial charge in [-0.15, -0.1) is 0 Å². The summed E-state index contributed by atoms with van der Waals surface area (Å²) in [6.45, 7) is 3.43. The molecule has 1 unspecified atom stereocenters. The Morgan fingerprint density at radius 1 is 1.45 bits per heavy atom. The first-order chi connectivity index (χ1) is 9.54. The monoisotopic (exact) mass is 295 g/mol. The van der Waals surface area contributed by atoms with Gasteiger partial charge in [-0.2, -0.15) is 0 Å². The second-order valence-corrected chi connectivity index (χ2v) is 7.53. The zero-order chi connectivity index (χ0) is 14.2. The molecule has 1 aromatic carbocycles. The number of sulfonamides is 1. The molecule has 0 amide bonds. The fourth-order valence-corrected chi connectivity index (χ4v) is 4.08. The molecule has 0 aromatic heterocycles. The maximum Gasteiger partial charge on any atom is 0.240 e. The Morgan fingerprint density at radius 2 is 2.30 bits per heavy atom. The molecule has 0 radical (unpaired) electrons. The first-order valence-electron chi connectivity index (χ1n) is 7.09. The molecular weight excluding hydrogens is 274 g/mol. The molecule has 1 fully saturated rings. The molecule has 1 atom stereocenters. The zero-order valence-corrected chi connectivity index (χ0v) is 12.5. The molecule has 5 nitrogen and oxygen atoms in total. The molecule has 1 saturated heterocycles. The summed E-state index contributed by atoms with van der Waals surface area (Å²) in [5.74, 6) is 0.419. The van der Waals surface area contributed by atoms with Gasteiger partial charge in [-0.25, -0.2) is 13.1 Å². The minimum Gasteiger partial charge on any atom is -0.384 e. The largest absolute Gasteiger partial charge is 0.384 e. The maximum atomic E-state index is 12.3. The Kier molecular flexibility index (Phi) is 3.70. The lowest BCUT2D eigenvalue weighted by Gasteiger charge is -2.13. The van der Waals surface area contributed by atoms with E-state index >= 15 is 0 Å². The van der Waals surface area contributed by atoms with E-state index in [2.05, 4.69) is 22.0 Å². The Labute approximate surface area is 120 Å². The van der Waals surface area contributed by atoms with Crippen LogP contribution in [-0.2, 0) is 16.4 Å². The highest BCUT2D eigenvalue weighted by atomic mass is 32.2.